The van der Waals surface area contributed by atoms with Crippen molar-refractivity contribution in [2.24, 2.45) is 0 Å². The maximum absolute atomic E-state index is 8.58. The second-order valence-electron chi connectivity index (χ2n) is 15.3. The van der Waals surface area contributed by atoms with Crippen LogP contribution in [0.15, 0.2) is 215 Å². The average molecular weight is 1270 g/mol. The first-order valence-electron chi connectivity index (χ1n) is 21.5. The Morgan fingerprint density at radius 1 is 0.382 bits per heavy atom. The number of alkyl halides is 2. The summed E-state index contributed by atoms with van der Waals surface area (Å²) in [6, 6.07) is 68.9. The molecule has 12 aromatic rings. The standard InChI is InChI=1S/C28H17ClO.C22H12ClIO.C6H7BO2.2CH3I/c29-20-15-16-22-21-13-7-8-14-23(21)28-26(24(22)17-20)25(18-9-3-1-4-10-18)27(30-28)19-11-5-2-6-12-19;23-14-10-11-16-15-8-4-5-9-17(15)21-20(18(16)12-14)19(22(24)25-21)13-6-2-1-3-7-13;8-7(9)6-4-2-1-3-5-6;2*1-2/h1-17H;1-12H;1-5,8-9H;2*1H3. The fourth-order valence-corrected chi connectivity index (χ4v) is 9.78. The fraction of sp³-hybridized carbons (Fsp3) is 0.0345. The summed E-state index contributed by atoms with van der Waals surface area (Å²) in [6.07, 6.45) is 0. The lowest BCUT2D eigenvalue weighted by molar-refractivity contribution is 0.426. The van der Waals surface area contributed by atoms with E-state index in [2.05, 4.69) is 195 Å². The summed E-state index contributed by atoms with van der Waals surface area (Å²) in [6.45, 7) is 0. The first-order valence-corrected chi connectivity index (χ1v) is 27.6. The zero-order chi connectivity index (χ0) is 47.7. The molecule has 2 N–H and O–H groups in total. The SMILES string of the molecule is CI.CI.Clc1ccc2c3ccccc3c3oc(-c4ccccc4)c(-c4ccccc4)c3c2c1.Clc1ccc2c3ccccc3c3oc(I)c(-c4ccccc4)c3c2c1.OB(O)c1ccccc1. The van der Waals surface area contributed by atoms with E-state index < -0.39 is 7.12 Å². The summed E-state index contributed by atoms with van der Waals surface area (Å²) in [5, 5.41) is 30.1. The van der Waals surface area contributed by atoms with Crippen LogP contribution in [0, 0.1) is 3.77 Å². The van der Waals surface area contributed by atoms with E-state index in [-0.39, 0.29) is 0 Å². The van der Waals surface area contributed by atoms with Crippen LogP contribution in [0.2, 0.25) is 10.0 Å². The van der Waals surface area contributed by atoms with Gasteiger partial charge >= 0.3 is 7.12 Å². The molecule has 0 atom stereocenters. The third kappa shape index (κ3) is 10.2. The van der Waals surface area contributed by atoms with E-state index >= 15 is 0 Å². The Hall–Kier alpha value is -4.93. The topological polar surface area (TPSA) is 66.7 Å². The molecule has 2 heterocycles. The predicted molar refractivity (Wildman–Crippen MR) is 318 cm³/mol. The quantitative estimate of drug-likeness (QED) is 0.0798. The molecular formula is C58H42BCl2I3O4. The smallest absolute Gasteiger partial charge is 0.455 e. The van der Waals surface area contributed by atoms with Crippen molar-refractivity contribution in [3.63, 3.8) is 0 Å². The van der Waals surface area contributed by atoms with Gasteiger partial charge in [0.1, 0.15) is 16.9 Å². The van der Waals surface area contributed by atoms with Crippen LogP contribution in [0.1, 0.15) is 0 Å². The Bertz CT molecular complexity index is 3620. The molecule has 0 radical (unpaired) electrons. The summed E-state index contributed by atoms with van der Waals surface area (Å²) in [7, 11) is -1.34. The maximum Gasteiger partial charge on any atom is 0.488 e. The molecule has 0 saturated heterocycles. The van der Waals surface area contributed by atoms with Crippen LogP contribution in [-0.4, -0.2) is 27.0 Å². The maximum atomic E-state index is 8.58. The molecule has 0 unspecified atom stereocenters. The summed E-state index contributed by atoms with van der Waals surface area (Å²) in [4.78, 5) is 3.94. The molecule has 10 heteroatoms. The van der Waals surface area contributed by atoms with E-state index in [1.54, 1.807) is 24.3 Å². The minimum Gasteiger partial charge on any atom is -0.455 e. The van der Waals surface area contributed by atoms with Gasteiger partial charge in [0, 0.05) is 70.9 Å². The molecule has 0 aliphatic rings. The van der Waals surface area contributed by atoms with Crippen LogP contribution in [-0.2, 0) is 0 Å². The minimum absolute atomic E-state index is 0.525. The molecule has 336 valence electrons. The number of rotatable bonds is 4. The second-order valence-corrected chi connectivity index (χ2v) is 17.2. The third-order valence-electron chi connectivity index (χ3n) is 11.5. The molecular weight excluding hydrogens is 1220 g/mol. The molecule has 12 rings (SSSR count). The summed E-state index contributed by atoms with van der Waals surface area (Å²) < 4.78 is 13.8. The highest BCUT2D eigenvalue weighted by Gasteiger charge is 2.23. The van der Waals surface area contributed by atoms with Gasteiger partial charge in [0.05, 0.1) is 0 Å². The van der Waals surface area contributed by atoms with Crippen molar-refractivity contribution in [1.29, 1.82) is 0 Å². The summed E-state index contributed by atoms with van der Waals surface area (Å²) >= 11 is 19.4. The fourth-order valence-electron chi connectivity index (χ4n) is 8.64. The first kappa shape index (κ1) is 49.5. The Morgan fingerprint density at radius 2 is 0.735 bits per heavy atom. The van der Waals surface area contributed by atoms with Crippen LogP contribution in [0.3, 0.4) is 0 Å². The van der Waals surface area contributed by atoms with Crippen molar-refractivity contribution < 1.29 is 18.9 Å². The number of halogens is 5. The lowest BCUT2D eigenvalue weighted by atomic mass is 9.81. The number of furan rings is 2. The summed E-state index contributed by atoms with van der Waals surface area (Å²) in [5.74, 6) is 0.884. The van der Waals surface area contributed by atoms with Crippen molar-refractivity contribution >= 4 is 169 Å². The Kier molecular flexibility index (Phi) is 16.8. The third-order valence-corrected chi connectivity index (χ3v) is 12.7. The molecule has 0 fully saturated rings. The van der Waals surface area contributed by atoms with Crippen molar-refractivity contribution in [2.45, 2.75) is 0 Å². The minimum atomic E-state index is -1.34. The van der Waals surface area contributed by atoms with Gasteiger partial charge in [-0.15, -0.1) is 0 Å². The van der Waals surface area contributed by atoms with Gasteiger partial charge in [-0.05, 0) is 83.0 Å². The predicted octanol–water partition coefficient (Wildman–Crippen LogP) is 17.9. The molecule has 2 aromatic heterocycles. The molecule has 0 aliphatic carbocycles. The van der Waals surface area contributed by atoms with E-state index in [0.29, 0.717) is 5.46 Å². The van der Waals surface area contributed by atoms with E-state index in [1.807, 2.05) is 64.5 Å². The second kappa shape index (κ2) is 23.1. The van der Waals surface area contributed by atoms with Crippen molar-refractivity contribution in [1.82, 2.24) is 0 Å². The van der Waals surface area contributed by atoms with Gasteiger partial charge in [0.25, 0.3) is 0 Å². The van der Waals surface area contributed by atoms with E-state index in [0.717, 1.165) is 90.9 Å². The molecule has 68 heavy (non-hydrogen) atoms. The van der Waals surface area contributed by atoms with Gasteiger partial charge in [-0.3, -0.25) is 0 Å². The number of fused-ring (bicyclic) bond motifs is 12. The number of hydrogen-bond donors (Lipinski definition) is 2. The highest BCUT2D eigenvalue weighted by atomic mass is 127. The monoisotopic (exact) mass is 1260 g/mol. The van der Waals surface area contributed by atoms with Crippen LogP contribution in [0.25, 0.3) is 98.6 Å². The Labute approximate surface area is 446 Å². The molecule has 0 saturated carbocycles. The molecule has 0 aliphatic heterocycles. The van der Waals surface area contributed by atoms with Crippen molar-refractivity contribution in [2.75, 3.05) is 9.86 Å². The van der Waals surface area contributed by atoms with E-state index in [4.69, 9.17) is 42.1 Å². The zero-order valence-electron chi connectivity index (χ0n) is 36.8. The van der Waals surface area contributed by atoms with Gasteiger partial charge < -0.3 is 18.9 Å². The first-order chi connectivity index (χ1) is 33.4. The average Bonchev–Trinajstić information content (AvgIpc) is 3.98. The largest absolute Gasteiger partial charge is 0.488 e. The molecule has 0 spiro atoms. The van der Waals surface area contributed by atoms with Crippen LogP contribution >= 0.6 is 91.0 Å². The van der Waals surface area contributed by atoms with Crippen molar-refractivity contribution in [3.8, 4) is 33.6 Å². The van der Waals surface area contributed by atoms with Crippen molar-refractivity contribution in [3.05, 3.63) is 220 Å². The van der Waals surface area contributed by atoms with Gasteiger partial charge in [-0.1, -0.05) is 250 Å². The number of hydrogen-bond acceptors (Lipinski definition) is 4. The normalized spacial score (nSPS) is 10.7. The molecule has 0 amide bonds. The van der Waals surface area contributed by atoms with Gasteiger partial charge in [-0.25, -0.2) is 0 Å². The van der Waals surface area contributed by atoms with Crippen LogP contribution in [0.5, 0.6) is 0 Å². The van der Waals surface area contributed by atoms with Crippen LogP contribution < -0.4 is 5.46 Å². The molecule has 0 bridgehead atoms. The number of benzene rings is 10. The van der Waals surface area contributed by atoms with Crippen LogP contribution in [0.4, 0.5) is 0 Å². The zero-order valence-corrected chi connectivity index (χ0v) is 44.8. The Balaban J connectivity index is 0.000000148. The Morgan fingerprint density at radius 3 is 1.18 bits per heavy atom. The van der Waals surface area contributed by atoms with E-state index in [9.17, 15) is 0 Å². The highest BCUT2D eigenvalue weighted by molar-refractivity contribution is 14.1. The molecule has 10 aromatic carbocycles. The highest BCUT2D eigenvalue weighted by Crippen LogP contribution is 2.48. The van der Waals surface area contributed by atoms with E-state index in [1.165, 1.54) is 21.5 Å². The van der Waals surface area contributed by atoms with Gasteiger partial charge in [0.15, 0.2) is 3.77 Å². The summed E-state index contributed by atoms with van der Waals surface area (Å²) in [5.41, 5.74) is 7.94. The van der Waals surface area contributed by atoms with Gasteiger partial charge in [0.2, 0.25) is 0 Å². The lowest BCUT2D eigenvalue weighted by Gasteiger charge is -2.08. The van der Waals surface area contributed by atoms with Gasteiger partial charge in [-0.2, -0.15) is 0 Å². The molecule has 4 nitrogen and oxygen atoms in total. The lowest BCUT2D eigenvalue weighted by Crippen LogP contribution is -2.29.